The van der Waals surface area contributed by atoms with Gasteiger partial charge in [-0.25, -0.2) is 9.67 Å². The van der Waals surface area contributed by atoms with Gasteiger partial charge in [0.05, 0.1) is 12.2 Å². The summed E-state index contributed by atoms with van der Waals surface area (Å²) < 4.78 is 10.2. The second-order valence-corrected chi connectivity index (χ2v) is 11.8. The summed E-state index contributed by atoms with van der Waals surface area (Å²) in [5, 5.41) is 9.87. The standard InChI is InChI=1S/C33H34ClN7O4/c1-18-14-23(19(2)45-27-8-9-28(34)38-30(27)21-6-7-26(36-16-21)31(43)35-4)29-24(15-18)33(44)39(5)32-25(29)17-37-41(32)22-10-12-40(13-11-22)20(3)42/h6-9,14-17,19,22H,10-13H2,1-5H3,(H,35,43). The van der Waals surface area contributed by atoms with Crippen LogP contribution >= 0.6 is 11.6 Å². The van der Waals surface area contributed by atoms with E-state index >= 15 is 0 Å². The summed E-state index contributed by atoms with van der Waals surface area (Å²) in [5.74, 6) is 0.255. The Morgan fingerprint density at radius 1 is 1.09 bits per heavy atom. The highest BCUT2D eigenvalue weighted by atomic mass is 35.5. The van der Waals surface area contributed by atoms with E-state index in [1.807, 2.05) is 41.8 Å². The molecule has 0 saturated carbocycles. The van der Waals surface area contributed by atoms with E-state index in [1.54, 1.807) is 56.0 Å². The summed E-state index contributed by atoms with van der Waals surface area (Å²) in [6, 6.07) is 10.8. The second-order valence-electron chi connectivity index (χ2n) is 11.5. The van der Waals surface area contributed by atoms with Gasteiger partial charge in [0.25, 0.3) is 11.5 Å². The number of piperidine rings is 1. The zero-order valence-corrected chi connectivity index (χ0v) is 26.6. The zero-order chi connectivity index (χ0) is 32.0. The van der Waals surface area contributed by atoms with Gasteiger partial charge in [0.1, 0.15) is 34.0 Å². The quantitative estimate of drug-likeness (QED) is 0.263. The molecule has 2 amide bonds. The molecule has 11 nitrogen and oxygen atoms in total. The van der Waals surface area contributed by atoms with Crippen LogP contribution in [0.25, 0.3) is 33.1 Å². The minimum absolute atomic E-state index is 0.0646. The van der Waals surface area contributed by atoms with Crippen molar-refractivity contribution in [1.82, 2.24) is 34.5 Å². The molecule has 0 aliphatic carbocycles. The highest BCUT2D eigenvalue weighted by molar-refractivity contribution is 6.29. The number of pyridine rings is 3. The third-order valence-electron chi connectivity index (χ3n) is 8.52. The molecule has 5 heterocycles. The van der Waals surface area contributed by atoms with E-state index in [-0.39, 0.29) is 34.3 Å². The number of halogens is 1. The van der Waals surface area contributed by atoms with Gasteiger partial charge in [-0.15, -0.1) is 0 Å². The van der Waals surface area contributed by atoms with Gasteiger partial charge >= 0.3 is 0 Å². The lowest BCUT2D eigenvalue weighted by Crippen LogP contribution is -2.38. The predicted octanol–water partition coefficient (Wildman–Crippen LogP) is 4.99. The first kappa shape index (κ1) is 30.3. The molecule has 1 aliphatic rings. The van der Waals surface area contributed by atoms with Crippen LogP contribution in [0.3, 0.4) is 0 Å². The molecule has 1 saturated heterocycles. The number of likely N-dealkylation sites (tertiary alicyclic amines) is 1. The number of amides is 2. The van der Waals surface area contributed by atoms with Crippen LogP contribution in [-0.2, 0) is 11.8 Å². The number of fused-ring (bicyclic) bond motifs is 3. The lowest BCUT2D eigenvalue weighted by molar-refractivity contribution is -0.130. The number of aryl methyl sites for hydroxylation is 2. The molecule has 1 atom stereocenters. The number of hydrogen-bond acceptors (Lipinski definition) is 7. The van der Waals surface area contributed by atoms with Crippen LogP contribution in [0.5, 0.6) is 5.75 Å². The molecule has 4 aromatic heterocycles. The molecular weight excluding hydrogens is 594 g/mol. The molecule has 6 rings (SSSR count). The summed E-state index contributed by atoms with van der Waals surface area (Å²) in [6.07, 6.45) is 4.41. The van der Waals surface area contributed by atoms with Crippen molar-refractivity contribution in [3.8, 4) is 17.0 Å². The molecule has 45 heavy (non-hydrogen) atoms. The summed E-state index contributed by atoms with van der Waals surface area (Å²) in [4.78, 5) is 48.4. The Labute approximate surface area is 264 Å². The molecular formula is C33H34ClN7O4. The number of aromatic nitrogens is 5. The zero-order valence-electron chi connectivity index (χ0n) is 25.8. The van der Waals surface area contributed by atoms with Crippen molar-refractivity contribution < 1.29 is 14.3 Å². The number of hydrogen-bond donors (Lipinski definition) is 1. The highest BCUT2D eigenvalue weighted by Gasteiger charge is 2.27. The van der Waals surface area contributed by atoms with Gasteiger partial charge in [0.2, 0.25) is 5.91 Å². The maximum Gasteiger partial charge on any atom is 0.269 e. The maximum atomic E-state index is 13.8. The van der Waals surface area contributed by atoms with Gasteiger partial charge in [-0.05, 0) is 62.6 Å². The topological polar surface area (TPSA) is 124 Å². The van der Waals surface area contributed by atoms with Crippen molar-refractivity contribution in [1.29, 1.82) is 0 Å². The minimum Gasteiger partial charge on any atom is -0.484 e. The van der Waals surface area contributed by atoms with E-state index in [2.05, 4.69) is 15.3 Å². The molecule has 1 aliphatic heterocycles. The molecule has 12 heteroatoms. The van der Waals surface area contributed by atoms with Gasteiger partial charge in [0.15, 0.2) is 0 Å². The van der Waals surface area contributed by atoms with E-state index in [0.717, 1.165) is 40.4 Å². The lowest BCUT2D eigenvalue weighted by Gasteiger charge is -2.31. The summed E-state index contributed by atoms with van der Waals surface area (Å²) in [7, 11) is 3.33. The number of carbonyl (C=O) groups is 2. The molecule has 1 aromatic carbocycles. The first-order valence-corrected chi connectivity index (χ1v) is 15.2. The molecule has 0 spiro atoms. The molecule has 5 aromatic rings. The fourth-order valence-electron chi connectivity index (χ4n) is 6.21. The molecule has 1 fully saturated rings. The number of ether oxygens (including phenoxy) is 1. The lowest BCUT2D eigenvalue weighted by atomic mass is 9.97. The van der Waals surface area contributed by atoms with Gasteiger partial charge in [-0.3, -0.25) is 23.9 Å². The van der Waals surface area contributed by atoms with Crippen LogP contribution in [0.4, 0.5) is 0 Å². The van der Waals surface area contributed by atoms with E-state index in [9.17, 15) is 14.4 Å². The van der Waals surface area contributed by atoms with Crippen molar-refractivity contribution in [3.05, 3.63) is 81.1 Å². The second kappa shape index (κ2) is 12.0. The number of rotatable bonds is 6. The first-order chi connectivity index (χ1) is 21.6. The fourth-order valence-corrected chi connectivity index (χ4v) is 6.36. The first-order valence-electron chi connectivity index (χ1n) is 14.8. The van der Waals surface area contributed by atoms with Crippen molar-refractivity contribution in [3.63, 3.8) is 0 Å². The SMILES string of the molecule is CNC(=O)c1ccc(-c2nc(Cl)ccc2OC(C)c2cc(C)cc3c(=O)n(C)c4c(cnn4C4CCN(C(C)=O)CC4)c23)cn1. The Morgan fingerprint density at radius 2 is 1.84 bits per heavy atom. The Kier molecular flexibility index (Phi) is 8.05. The summed E-state index contributed by atoms with van der Waals surface area (Å²) in [6.45, 7) is 6.79. The average Bonchev–Trinajstić information content (AvgIpc) is 3.49. The summed E-state index contributed by atoms with van der Waals surface area (Å²) >= 11 is 6.29. The van der Waals surface area contributed by atoms with Crippen LogP contribution in [0.2, 0.25) is 5.15 Å². The van der Waals surface area contributed by atoms with Crippen molar-refractivity contribution in [2.75, 3.05) is 20.1 Å². The van der Waals surface area contributed by atoms with Crippen LogP contribution in [-0.4, -0.2) is 61.2 Å². The van der Waals surface area contributed by atoms with E-state index in [0.29, 0.717) is 35.5 Å². The number of benzene rings is 1. The molecule has 0 radical (unpaired) electrons. The number of carbonyl (C=O) groups excluding carboxylic acids is 2. The van der Waals surface area contributed by atoms with Gasteiger partial charge < -0.3 is 15.0 Å². The Hall–Kier alpha value is -4.77. The monoisotopic (exact) mass is 627 g/mol. The Balaban J connectivity index is 1.43. The average molecular weight is 628 g/mol. The van der Waals surface area contributed by atoms with Crippen molar-refractivity contribution in [2.24, 2.45) is 7.05 Å². The Morgan fingerprint density at radius 3 is 2.51 bits per heavy atom. The third kappa shape index (κ3) is 5.52. The molecule has 1 unspecified atom stereocenters. The highest BCUT2D eigenvalue weighted by Crippen LogP contribution is 2.37. The molecule has 1 N–H and O–H groups in total. The number of nitrogens with zero attached hydrogens (tertiary/aromatic N) is 6. The van der Waals surface area contributed by atoms with Crippen LogP contribution in [0, 0.1) is 6.92 Å². The normalized spacial score (nSPS) is 14.6. The minimum atomic E-state index is -0.496. The van der Waals surface area contributed by atoms with Gasteiger partial charge in [-0.1, -0.05) is 17.7 Å². The van der Waals surface area contributed by atoms with Crippen molar-refractivity contribution in [2.45, 2.75) is 45.8 Å². The molecule has 232 valence electrons. The van der Waals surface area contributed by atoms with Crippen LogP contribution in [0.15, 0.2) is 53.6 Å². The largest absolute Gasteiger partial charge is 0.484 e. The predicted molar refractivity (Wildman–Crippen MR) is 173 cm³/mol. The smallest absolute Gasteiger partial charge is 0.269 e. The van der Waals surface area contributed by atoms with Crippen LogP contribution in [0.1, 0.15) is 60.5 Å². The Bertz CT molecular complexity index is 2010. The van der Waals surface area contributed by atoms with E-state index in [4.69, 9.17) is 21.4 Å². The van der Waals surface area contributed by atoms with E-state index in [1.165, 1.54) is 0 Å². The summed E-state index contributed by atoms with van der Waals surface area (Å²) in [5.41, 5.74) is 3.78. The molecule has 0 bridgehead atoms. The van der Waals surface area contributed by atoms with Gasteiger partial charge in [-0.2, -0.15) is 5.10 Å². The third-order valence-corrected chi connectivity index (χ3v) is 8.73. The van der Waals surface area contributed by atoms with E-state index < -0.39 is 6.10 Å². The van der Waals surface area contributed by atoms with Crippen molar-refractivity contribution >= 4 is 45.2 Å². The van der Waals surface area contributed by atoms with Crippen LogP contribution < -0.4 is 15.6 Å². The number of nitrogens with one attached hydrogen (secondary N) is 1. The van der Waals surface area contributed by atoms with Gasteiger partial charge in [0, 0.05) is 67.6 Å². The maximum absolute atomic E-state index is 13.8. The fraction of sp³-hybridized carbons (Fsp3) is 0.333.